The van der Waals surface area contributed by atoms with Crippen LogP contribution >= 0.6 is 90.4 Å². The minimum Gasteiger partial charge on any atom is -0.265 e. The lowest BCUT2D eigenvalue weighted by Gasteiger charge is -2.04. The second-order valence-electron chi connectivity index (χ2n) is 8.45. The summed E-state index contributed by atoms with van der Waals surface area (Å²) in [6.07, 6.45) is 9.46. The molecule has 214 valence electrons. The fourth-order valence-corrected chi connectivity index (χ4v) is 8.01. The minimum atomic E-state index is -3.12. The number of hydrogen-bond acceptors (Lipinski definition) is 6. The van der Waals surface area contributed by atoms with Gasteiger partial charge in [-0.3, -0.25) is 9.97 Å². The summed E-state index contributed by atoms with van der Waals surface area (Å²) in [5, 5.41) is 0. The molecule has 12 heteroatoms. The number of alkyl halides is 4. The van der Waals surface area contributed by atoms with Crippen LogP contribution in [-0.4, -0.2) is 29.3 Å². The highest BCUT2D eigenvalue weighted by Gasteiger charge is 2.22. The van der Waals surface area contributed by atoms with Crippen molar-refractivity contribution in [1.82, 2.24) is 9.97 Å². The lowest BCUT2D eigenvalue weighted by atomic mass is 10.1. The molecule has 6 nitrogen and oxygen atoms in total. The van der Waals surface area contributed by atoms with Gasteiger partial charge in [0.25, 0.3) is 0 Å². The number of pyridine rings is 2. The largest absolute Gasteiger partial charge is 0.265 e. The molecule has 2 aromatic heterocycles. The van der Waals surface area contributed by atoms with Crippen LogP contribution in [0.2, 0.25) is 0 Å². The van der Waals surface area contributed by atoms with Crippen LogP contribution in [0.4, 0.5) is 0 Å². The summed E-state index contributed by atoms with van der Waals surface area (Å²) in [4.78, 5) is 8.77. The van der Waals surface area contributed by atoms with Gasteiger partial charge in [0, 0.05) is 24.8 Å². The van der Waals surface area contributed by atoms with Crippen molar-refractivity contribution in [2.75, 3.05) is 0 Å². The van der Waals surface area contributed by atoms with Crippen LogP contribution in [0.25, 0.3) is 0 Å². The predicted molar refractivity (Wildman–Crippen MR) is 196 cm³/mol. The standard InChI is InChI=1S/C12H12N2.2C8H8I2O2S/c1(11-3-7-13-8-4-11)2-12-5-9-14-10-6-12;2*1-6-2-4-7(5-3-6)13(11,12)8(9)10/h3-10H,1-2H2;2*2-5,8H,1H3. The molecule has 0 spiro atoms. The van der Waals surface area contributed by atoms with Crippen molar-refractivity contribution in [3.63, 3.8) is 0 Å². The zero-order chi connectivity index (χ0) is 29.8. The Morgan fingerprint density at radius 2 is 0.800 bits per heavy atom. The molecule has 0 fully saturated rings. The van der Waals surface area contributed by atoms with E-state index in [9.17, 15) is 16.8 Å². The van der Waals surface area contributed by atoms with E-state index in [0.717, 1.165) is 24.0 Å². The molecular formula is C28H28I4N2O4S2. The predicted octanol–water partition coefficient (Wildman–Crippen LogP) is 8.11. The van der Waals surface area contributed by atoms with Crippen molar-refractivity contribution < 1.29 is 16.8 Å². The molecule has 2 aromatic carbocycles. The van der Waals surface area contributed by atoms with Crippen LogP contribution in [-0.2, 0) is 32.5 Å². The minimum absolute atomic E-state index is 0.395. The Morgan fingerprint density at radius 1 is 0.525 bits per heavy atom. The molecule has 40 heavy (non-hydrogen) atoms. The summed E-state index contributed by atoms with van der Waals surface area (Å²) in [5.41, 5.74) is 4.79. The van der Waals surface area contributed by atoms with Gasteiger partial charge in [-0.1, -0.05) is 126 Å². The van der Waals surface area contributed by atoms with E-state index in [2.05, 4.69) is 34.2 Å². The molecule has 0 aliphatic rings. The van der Waals surface area contributed by atoms with Gasteiger partial charge in [0.15, 0.2) is 22.2 Å². The van der Waals surface area contributed by atoms with Crippen molar-refractivity contribution >= 4 is 110 Å². The van der Waals surface area contributed by atoms with E-state index in [-0.39, 0.29) is 0 Å². The smallest absolute Gasteiger partial charge is 0.199 e. The third-order valence-corrected chi connectivity index (χ3v) is 16.2. The second kappa shape index (κ2) is 17.6. The first-order valence-corrected chi connectivity index (χ1v) is 19.9. The fraction of sp³-hybridized carbons (Fsp3) is 0.214. The first-order chi connectivity index (χ1) is 18.8. The van der Waals surface area contributed by atoms with Gasteiger partial charge in [-0.05, 0) is 86.3 Å². The van der Waals surface area contributed by atoms with Crippen LogP contribution in [0, 0.1) is 13.8 Å². The van der Waals surface area contributed by atoms with Gasteiger partial charge in [-0.25, -0.2) is 16.8 Å². The maximum Gasteiger partial charge on any atom is 0.199 e. The van der Waals surface area contributed by atoms with E-state index in [1.165, 1.54) is 11.1 Å². The number of halogens is 4. The van der Waals surface area contributed by atoms with E-state index >= 15 is 0 Å². The quantitative estimate of drug-likeness (QED) is 0.137. The van der Waals surface area contributed by atoms with Gasteiger partial charge in [-0.2, -0.15) is 0 Å². The van der Waals surface area contributed by atoms with Gasteiger partial charge in [0.2, 0.25) is 0 Å². The number of sulfone groups is 2. The fourth-order valence-electron chi connectivity index (χ4n) is 3.05. The molecule has 0 amide bonds. The van der Waals surface area contributed by atoms with Crippen molar-refractivity contribution in [3.05, 3.63) is 120 Å². The Hall–Kier alpha value is -0.440. The Balaban J connectivity index is 0.000000210. The monoisotopic (exact) mass is 1030 g/mol. The third-order valence-electron chi connectivity index (χ3n) is 5.37. The second-order valence-corrected chi connectivity index (χ2v) is 25.6. The summed E-state index contributed by atoms with van der Waals surface area (Å²) in [6, 6.07) is 22.1. The molecule has 0 saturated heterocycles. The Bertz CT molecular complexity index is 1400. The Kier molecular flexibility index (Phi) is 15.8. The van der Waals surface area contributed by atoms with E-state index < -0.39 is 22.2 Å². The molecule has 0 saturated carbocycles. The van der Waals surface area contributed by atoms with Crippen LogP contribution in [0.5, 0.6) is 0 Å². The first-order valence-electron chi connectivity index (χ1n) is 11.8. The SMILES string of the molecule is Cc1ccc(S(=O)(=O)C(I)I)cc1.Cc1ccc(S(=O)(=O)C(I)I)cc1.c1cc(CCc2ccncc2)ccn1. The van der Waals surface area contributed by atoms with Crippen LogP contribution in [0.1, 0.15) is 22.3 Å². The number of hydrogen-bond donors (Lipinski definition) is 0. The Morgan fingerprint density at radius 3 is 1.05 bits per heavy atom. The average Bonchev–Trinajstić information content (AvgIpc) is 2.94. The summed E-state index contributed by atoms with van der Waals surface area (Å²) in [5.74, 6) is 0. The summed E-state index contributed by atoms with van der Waals surface area (Å²) < 4.78 is 45.7. The molecule has 0 bridgehead atoms. The van der Waals surface area contributed by atoms with E-state index in [0.29, 0.717) is 9.79 Å². The van der Waals surface area contributed by atoms with Crippen molar-refractivity contribution in [2.24, 2.45) is 0 Å². The Labute approximate surface area is 292 Å². The molecule has 2 heterocycles. The molecular weight excluding hydrogens is 1000 g/mol. The summed E-state index contributed by atoms with van der Waals surface area (Å²) in [7, 11) is -6.24. The summed E-state index contributed by atoms with van der Waals surface area (Å²) >= 11 is 7.58. The number of aryl methyl sites for hydroxylation is 4. The highest BCUT2D eigenvalue weighted by atomic mass is 127. The van der Waals surface area contributed by atoms with Gasteiger partial charge >= 0.3 is 0 Å². The first kappa shape index (κ1) is 35.8. The van der Waals surface area contributed by atoms with Crippen molar-refractivity contribution in [1.29, 1.82) is 0 Å². The zero-order valence-corrected chi connectivity index (χ0v) is 31.9. The molecule has 0 atom stereocenters. The lowest BCUT2D eigenvalue weighted by Crippen LogP contribution is -2.07. The average molecular weight is 1030 g/mol. The normalized spacial score (nSPS) is 11.3. The number of nitrogens with zero attached hydrogens (tertiary/aromatic N) is 2. The summed E-state index contributed by atoms with van der Waals surface area (Å²) in [6.45, 7) is 3.87. The van der Waals surface area contributed by atoms with E-state index in [1.54, 1.807) is 24.3 Å². The van der Waals surface area contributed by atoms with Crippen LogP contribution in [0.15, 0.2) is 107 Å². The van der Waals surface area contributed by atoms with Gasteiger partial charge in [-0.15, -0.1) is 0 Å². The molecule has 0 aliphatic carbocycles. The van der Waals surface area contributed by atoms with Crippen molar-refractivity contribution in [2.45, 2.75) is 39.0 Å². The highest BCUT2D eigenvalue weighted by Crippen LogP contribution is 2.26. The molecule has 0 unspecified atom stereocenters. The third kappa shape index (κ3) is 12.0. The van der Waals surface area contributed by atoms with Gasteiger partial charge < -0.3 is 0 Å². The molecule has 0 N–H and O–H groups in total. The molecule has 0 radical (unpaired) electrons. The molecule has 4 aromatic rings. The van der Waals surface area contributed by atoms with Gasteiger partial charge in [0.05, 0.1) is 9.79 Å². The van der Waals surface area contributed by atoms with Crippen molar-refractivity contribution in [3.8, 4) is 0 Å². The van der Waals surface area contributed by atoms with Crippen LogP contribution < -0.4 is 0 Å². The number of aromatic nitrogens is 2. The van der Waals surface area contributed by atoms with E-state index in [1.807, 2.05) is 153 Å². The lowest BCUT2D eigenvalue weighted by molar-refractivity contribution is 0.599. The highest BCUT2D eigenvalue weighted by molar-refractivity contribution is 14.2. The molecule has 0 aliphatic heterocycles. The zero-order valence-electron chi connectivity index (χ0n) is 21.7. The van der Waals surface area contributed by atoms with Crippen LogP contribution in [0.3, 0.4) is 0 Å². The van der Waals surface area contributed by atoms with Gasteiger partial charge in [0.1, 0.15) is 0 Å². The maximum atomic E-state index is 11.6. The van der Waals surface area contributed by atoms with E-state index in [4.69, 9.17) is 0 Å². The number of benzene rings is 2. The topological polar surface area (TPSA) is 94.1 Å². The molecule has 4 rings (SSSR count). The maximum absolute atomic E-state index is 11.6. The number of rotatable bonds is 7.